The van der Waals surface area contributed by atoms with Gasteiger partial charge >= 0.3 is 0 Å². The molecule has 3 aromatic rings. The minimum Gasteiger partial charge on any atom is -0.493 e. The molecule has 1 aromatic heterocycles. The number of nitrogens with zero attached hydrogens (tertiary/aromatic N) is 1. The van der Waals surface area contributed by atoms with Gasteiger partial charge < -0.3 is 24.1 Å². The summed E-state index contributed by atoms with van der Waals surface area (Å²) in [4.78, 5) is 27.0. The van der Waals surface area contributed by atoms with Crippen LogP contribution in [0.4, 0.5) is 0 Å². The predicted octanol–water partition coefficient (Wildman–Crippen LogP) is 8.31. The lowest BCUT2D eigenvalue weighted by Gasteiger charge is -2.24. The molecule has 0 radical (unpaired) electrons. The molecule has 260 valence electrons. The van der Waals surface area contributed by atoms with Crippen LogP contribution in [0.3, 0.4) is 0 Å². The Balaban J connectivity index is 1.11. The van der Waals surface area contributed by atoms with E-state index in [0.29, 0.717) is 71.8 Å². The van der Waals surface area contributed by atoms with Crippen molar-refractivity contribution in [2.45, 2.75) is 71.6 Å². The first-order valence-corrected chi connectivity index (χ1v) is 18.0. The number of nitrogens with one attached hydrogen (secondary N) is 1. The zero-order valence-corrected chi connectivity index (χ0v) is 29.2. The number of carbonyl (C=O) groups excluding carboxylic acids is 2. The van der Waals surface area contributed by atoms with Crippen molar-refractivity contribution >= 4 is 11.6 Å². The summed E-state index contributed by atoms with van der Waals surface area (Å²) < 4.78 is 22.1. The van der Waals surface area contributed by atoms with E-state index in [1.807, 2.05) is 48.5 Å². The summed E-state index contributed by atoms with van der Waals surface area (Å²) in [6.07, 6.45) is 8.96. The SMILES string of the molecule is COCCCOc1cc(C(=O)C(CCC[C@@H]2CNC[C@H]2CCC(CC(=O)c2cc(-c3ccccc3)on2)C2CC2)C(C)C)ccc1OC. The van der Waals surface area contributed by atoms with E-state index < -0.39 is 0 Å². The van der Waals surface area contributed by atoms with Crippen molar-refractivity contribution in [2.24, 2.45) is 35.5 Å². The van der Waals surface area contributed by atoms with Gasteiger partial charge in [0.25, 0.3) is 0 Å². The van der Waals surface area contributed by atoms with E-state index in [-0.39, 0.29) is 23.4 Å². The molecular formula is C40H54N2O6. The van der Waals surface area contributed by atoms with Crippen LogP contribution in [0.1, 0.15) is 92.5 Å². The lowest BCUT2D eigenvalue weighted by molar-refractivity contribution is 0.0870. The molecule has 8 heteroatoms. The van der Waals surface area contributed by atoms with Crippen molar-refractivity contribution in [2.75, 3.05) is 40.5 Å². The highest BCUT2D eigenvalue weighted by Gasteiger charge is 2.35. The average Bonchev–Trinajstić information content (AvgIpc) is 3.64. The molecule has 1 N–H and O–H groups in total. The van der Waals surface area contributed by atoms with E-state index in [1.165, 1.54) is 12.8 Å². The number of ketones is 2. The number of rotatable bonds is 21. The number of ether oxygens (including phenoxy) is 3. The minimum atomic E-state index is -0.0447. The van der Waals surface area contributed by atoms with Gasteiger partial charge in [-0.3, -0.25) is 9.59 Å². The van der Waals surface area contributed by atoms with Crippen molar-refractivity contribution in [1.29, 1.82) is 0 Å². The maximum atomic E-state index is 13.8. The normalized spacial score (nSPS) is 18.9. The highest BCUT2D eigenvalue weighted by Crippen LogP contribution is 2.43. The summed E-state index contributed by atoms with van der Waals surface area (Å²) in [6, 6.07) is 17.1. The molecule has 5 rings (SSSR count). The maximum Gasteiger partial charge on any atom is 0.185 e. The number of benzene rings is 2. The molecule has 0 bridgehead atoms. The van der Waals surface area contributed by atoms with Gasteiger partial charge in [-0.1, -0.05) is 55.8 Å². The smallest absolute Gasteiger partial charge is 0.185 e. The third-order valence-corrected chi connectivity index (χ3v) is 10.4. The zero-order chi connectivity index (χ0) is 33.9. The molecule has 1 aliphatic heterocycles. The number of Topliss-reactive ketones (excluding diaryl/α,β-unsaturated/α-hetero) is 2. The summed E-state index contributed by atoms with van der Waals surface area (Å²) >= 11 is 0. The maximum absolute atomic E-state index is 13.8. The van der Waals surface area contributed by atoms with Gasteiger partial charge in [-0.2, -0.15) is 0 Å². The van der Waals surface area contributed by atoms with E-state index in [2.05, 4.69) is 24.3 Å². The fourth-order valence-corrected chi connectivity index (χ4v) is 7.36. The molecule has 0 spiro atoms. The van der Waals surface area contributed by atoms with Crippen molar-refractivity contribution in [3.63, 3.8) is 0 Å². The Kier molecular flexibility index (Phi) is 13.3. The molecule has 2 aromatic carbocycles. The second-order valence-electron chi connectivity index (χ2n) is 14.1. The number of methoxy groups -OCH3 is 2. The number of carbonyl (C=O) groups is 2. The molecule has 2 aliphatic rings. The van der Waals surface area contributed by atoms with Gasteiger partial charge in [0.1, 0.15) is 5.69 Å². The molecule has 2 unspecified atom stereocenters. The van der Waals surface area contributed by atoms with E-state index in [9.17, 15) is 9.59 Å². The van der Waals surface area contributed by atoms with Crippen LogP contribution in [-0.2, 0) is 4.74 Å². The molecule has 1 aliphatic carbocycles. The largest absolute Gasteiger partial charge is 0.493 e. The molecule has 1 saturated carbocycles. The van der Waals surface area contributed by atoms with Gasteiger partial charge in [0.2, 0.25) is 0 Å². The van der Waals surface area contributed by atoms with E-state index in [4.69, 9.17) is 18.7 Å². The quantitative estimate of drug-likeness (QED) is 0.0901. The van der Waals surface area contributed by atoms with Crippen LogP contribution in [0.15, 0.2) is 59.1 Å². The second-order valence-corrected chi connectivity index (χ2v) is 14.1. The second kappa shape index (κ2) is 17.8. The van der Waals surface area contributed by atoms with Gasteiger partial charge in [-0.25, -0.2) is 0 Å². The lowest BCUT2D eigenvalue weighted by Crippen LogP contribution is -2.22. The van der Waals surface area contributed by atoms with Crippen molar-refractivity contribution in [3.8, 4) is 22.8 Å². The van der Waals surface area contributed by atoms with Crippen LogP contribution in [-0.4, -0.2) is 57.2 Å². The Morgan fingerprint density at radius 3 is 2.40 bits per heavy atom. The third kappa shape index (κ3) is 9.79. The molecule has 48 heavy (non-hydrogen) atoms. The van der Waals surface area contributed by atoms with Gasteiger partial charge in [0.15, 0.2) is 28.8 Å². The fourth-order valence-electron chi connectivity index (χ4n) is 7.36. The van der Waals surface area contributed by atoms with E-state index >= 15 is 0 Å². The Hall–Kier alpha value is -3.49. The van der Waals surface area contributed by atoms with Crippen LogP contribution in [0, 0.1) is 35.5 Å². The highest BCUT2D eigenvalue weighted by atomic mass is 16.5. The standard InChI is InChI=1S/C40H54N2O6/c1-27(2)34(40(44)31-18-19-37(46-4)39(23-31)47-21-9-20-45-3)13-8-12-32-25-41-26-33(32)17-16-30(28-14-15-28)22-36(43)35-24-38(48-42-35)29-10-6-5-7-11-29/h5-7,10-11,18-19,23-24,27-28,30,32-34,41H,8-9,12-17,20-22,25-26H2,1-4H3/t30?,32-,33-,34?/m1/s1. The van der Waals surface area contributed by atoms with Gasteiger partial charge in [0.05, 0.1) is 13.7 Å². The van der Waals surface area contributed by atoms with E-state index in [1.54, 1.807) is 20.3 Å². The Morgan fingerprint density at radius 2 is 1.69 bits per heavy atom. The summed E-state index contributed by atoms with van der Waals surface area (Å²) in [5.41, 5.74) is 2.05. The first-order chi connectivity index (χ1) is 23.4. The van der Waals surface area contributed by atoms with Crippen LogP contribution in [0.5, 0.6) is 11.5 Å². The molecule has 4 atom stereocenters. The Labute approximate surface area is 286 Å². The summed E-state index contributed by atoms with van der Waals surface area (Å²) in [6.45, 7) is 7.48. The predicted molar refractivity (Wildman–Crippen MR) is 188 cm³/mol. The van der Waals surface area contributed by atoms with Crippen molar-refractivity contribution < 1.29 is 28.3 Å². The van der Waals surface area contributed by atoms with Crippen LogP contribution >= 0.6 is 0 Å². The first-order valence-electron chi connectivity index (χ1n) is 18.0. The number of aromatic nitrogens is 1. The third-order valence-electron chi connectivity index (χ3n) is 10.4. The molecular weight excluding hydrogens is 604 g/mol. The molecule has 1 saturated heterocycles. The Bertz CT molecular complexity index is 1450. The molecule has 2 fully saturated rings. The lowest BCUT2D eigenvalue weighted by atomic mass is 9.80. The van der Waals surface area contributed by atoms with Crippen molar-refractivity contribution in [1.82, 2.24) is 10.5 Å². The monoisotopic (exact) mass is 658 g/mol. The van der Waals surface area contributed by atoms with Crippen LogP contribution < -0.4 is 14.8 Å². The highest BCUT2D eigenvalue weighted by molar-refractivity contribution is 5.98. The number of hydrogen-bond donors (Lipinski definition) is 1. The van der Waals surface area contributed by atoms with Gasteiger partial charge in [-0.05, 0) is 99.4 Å². The summed E-state index contributed by atoms with van der Waals surface area (Å²) in [5, 5.41) is 7.76. The molecule has 8 nitrogen and oxygen atoms in total. The average molecular weight is 659 g/mol. The fraction of sp³-hybridized carbons (Fsp3) is 0.575. The Morgan fingerprint density at radius 1 is 0.917 bits per heavy atom. The first kappa shape index (κ1) is 35.8. The number of hydrogen-bond acceptors (Lipinski definition) is 8. The topological polar surface area (TPSA) is 99.9 Å². The van der Waals surface area contributed by atoms with Gasteiger partial charge in [-0.15, -0.1) is 0 Å². The van der Waals surface area contributed by atoms with E-state index in [0.717, 1.165) is 57.2 Å². The zero-order valence-electron chi connectivity index (χ0n) is 29.2. The van der Waals surface area contributed by atoms with Crippen LogP contribution in [0.25, 0.3) is 11.3 Å². The van der Waals surface area contributed by atoms with Crippen LogP contribution in [0.2, 0.25) is 0 Å². The summed E-state index contributed by atoms with van der Waals surface area (Å²) in [7, 11) is 3.29. The molecule has 0 amide bonds. The van der Waals surface area contributed by atoms with Crippen molar-refractivity contribution in [3.05, 3.63) is 65.9 Å². The molecule has 2 heterocycles. The summed E-state index contributed by atoms with van der Waals surface area (Å²) in [5.74, 6) is 4.59. The van der Waals surface area contributed by atoms with Gasteiger partial charge in [0, 0.05) is 49.7 Å². The minimum absolute atomic E-state index is 0.0447.